The smallest absolute Gasteiger partial charge is 0.303 e. The van der Waals surface area contributed by atoms with Crippen LogP contribution < -0.4 is 5.32 Å². The molecule has 0 saturated carbocycles. The van der Waals surface area contributed by atoms with E-state index < -0.39 is 5.97 Å². The minimum atomic E-state index is -0.784. The number of aliphatic carboxylic acids is 1. The number of hydrogen-bond acceptors (Lipinski definition) is 3. The third-order valence-electron chi connectivity index (χ3n) is 3.42. The number of carboxylic acids is 1. The zero-order valence-electron chi connectivity index (χ0n) is 12.0. The Labute approximate surface area is 122 Å². The van der Waals surface area contributed by atoms with Gasteiger partial charge in [0.05, 0.1) is 0 Å². The zero-order valence-corrected chi connectivity index (χ0v) is 12.0. The largest absolute Gasteiger partial charge is 0.481 e. The molecule has 1 heterocycles. The predicted octanol–water partition coefficient (Wildman–Crippen LogP) is 3.05. The fourth-order valence-corrected chi connectivity index (χ4v) is 2.13. The Morgan fingerprint density at radius 3 is 2.76 bits per heavy atom. The molecule has 2 rings (SSSR count). The van der Waals surface area contributed by atoms with Crippen molar-refractivity contribution in [3.05, 3.63) is 36.1 Å². The molecule has 5 nitrogen and oxygen atoms in total. The quantitative estimate of drug-likeness (QED) is 0.821. The highest BCUT2D eigenvalue weighted by Gasteiger charge is 2.12. The monoisotopic (exact) mass is 289 g/mol. The molecule has 0 spiro atoms. The molecule has 1 aromatic heterocycles. The third kappa shape index (κ3) is 4.34. The second-order valence-electron chi connectivity index (χ2n) is 5.23. The summed E-state index contributed by atoms with van der Waals surface area (Å²) in [6, 6.07) is 9.18. The van der Waals surface area contributed by atoms with E-state index in [4.69, 9.17) is 9.52 Å². The summed E-state index contributed by atoms with van der Waals surface area (Å²) in [5.41, 5.74) is 0.692. The molecule has 0 aliphatic heterocycles. The van der Waals surface area contributed by atoms with Gasteiger partial charge in [-0.2, -0.15) is 0 Å². The first-order valence-corrected chi connectivity index (χ1v) is 7.05. The van der Waals surface area contributed by atoms with Crippen LogP contribution in [0.4, 0.5) is 0 Å². The average molecular weight is 289 g/mol. The van der Waals surface area contributed by atoms with Gasteiger partial charge in [0.2, 0.25) is 0 Å². The van der Waals surface area contributed by atoms with Gasteiger partial charge in [0.25, 0.3) is 5.91 Å². The van der Waals surface area contributed by atoms with Crippen LogP contribution >= 0.6 is 0 Å². The van der Waals surface area contributed by atoms with Crippen molar-refractivity contribution in [3.8, 4) is 0 Å². The van der Waals surface area contributed by atoms with E-state index in [1.54, 1.807) is 6.07 Å². The van der Waals surface area contributed by atoms with Gasteiger partial charge in [-0.05, 0) is 30.9 Å². The Bertz CT molecular complexity index is 599. The lowest BCUT2D eigenvalue weighted by atomic mass is 10.0. The molecule has 0 aliphatic rings. The molecule has 5 heteroatoms. The topological polar surface area (TPSA) is 79.5 Å². The Hall–Kier alpha value is -2.30. The molecule has 1 aromatic carbocycles. The van der Waals surface area contributed by atoms with Crippen molar-refractivity contribution in [2.75, 3.05) is 6.54 Å². The normalized spacial score (nSPS) is 12.2. The van der Waals surface area contributed by atoms with Crippen molar-refractivity contribution in [1.29, 1.82) is 0 Å². The van der Waals surface area contributed by atoms with E-state index in [0.29, 0.717) is 24.3 Å². The summed E-state index contributed by atoms with van der Waals surface area (Å²) >= 11 is 0. The molecule has 2 N–H and O–H groups in total. The molecule has 1 amide bonds. The molecule has 21 heavy (non-hydrogen) atoms. The minimum absolute atomic E-state index is 0.165. The maximum Gasteiger partial charge on any atom is 0.303 e. The number of para-hydroxylation sites is 1. The number of carboxylic acid groups (broad SMARTS) is 1. The fourth-order valence-electron chi connectivity index (χ4n) is 2.13. The summed E-state index contributed by atoms with van der Waals surface area (Å²) in [6.45, 7) is 2.49. The summed E-state index contributed by atoms with van der Waals surface area (Å²) in [4.78, 5) is 22.4. The molecule has 1 atom stereocenters. The number of furan rings is 1. The second kappa shape index (κ2) is 6.92. The maximum atomic E-state index is 12.0. The molecule has 2 aromatic rings. The van der Waals surface area contributed by atoms with Gasteiger partial charge in [-0.25, -0.2) is 0 Å². The van der Waals surface area contributed by atoms with Crippen LogP contribution in [0.25, 0.3) is 11.0 Å². The van der Waals surface area contributed by atoms with Gasteiger partial charge in [-0.15, -0.1) is 0 Å². The van der Waals surface area contributed by atoms with E-state index in [9.17, 15) is 9.59 Å². The third-order valence-corrected chi connectivity index (χ3v) is 3.42. The van der Waals surface area contributed by atoms with Crippen LogP contribution in [0.15, 0.2) is 34.7 Å². The lowest BCUT2D eigenvalue weighted by Gasteiger charge is -2.09. The van der Waals surface area contributed by atoms with Crippen molar-refractivity contribution in [2.24, 2.45) is 5.92 Å². The SMILES string of the molecule is CC(CCNC(=O)c1cc2ccccc2o1)CCC(=O)O. The van der Waals surface area contributed by atoms with Crippen LogP contribution in [0.3, 0.4) is 0 Å². The summed E-state index contributed by atoms with van der Waals surface area (Å²) < 4.78 is 5.48. The van der Waals surface area contributed by atoms with Crippen molar-refractivity contribution >= 4 is 22.8 Å². The number of nitrogens with one attached hydrogen (secondary N) is 1. The summed E-state index contributed by atoms with van der Waals surface area (Å²) in [5, 5.41) is 12.3. The van der Waals surface area contributed by atoms with E-state index in [2.05, 4.69) is 5.32 Å². The summed E-state index contributed by atoms with van der Waals surface area (Å²) in [7, 11) is 0. The Kier molecular flexibility index (Phi) is 4.98. The summed E-state index contributed by atoms with van der Waals surface area (Å²) in [5.74, 6) is -0.462. The first kappa shape index (κ1) is 15.1. The number of rotatable bonds is 7. The number of carbonyl (C=O) groups is 2. The van der Waals surface area contributed by atoms with Gasteiger partial charge < -0.3 is 14.8 Å². The highest BCUT2D eigenvalue weighted by molar-refractivity contribution is 5.96. The number of hydrogen-bond donors (Lipinski definition) is 2. The van der Waals surface area contributed by atoms with Gasteiger partial charge >= 0.3 is 5.97 Å². The lowest BCUT2D eigenvalue weighted by Crippen LogP contribution is -2.25. The van der Waals surface area contributed by atoms with Gasteiger partial charge in [0.1, 0.15) is 5.58 Å². The van der Waals surface area contributed by atoms with Gasteiger partial charge in [0.15, 0.2) is 5.76 Å². The molecular formula is C16H19NO4. The van der Waals surface area contributed by atoms with Crippen LogP contribution in [0, 0.1) is 5.92 Å². The Balaban J connectivity index is 1.80. The van der Waals surface area contributed by atoms with Crippen molar-refractivity contribution in [1.82, 2.24) is 5.32 Å². The van der Waals surface area contributed by atoms with E-state index in [-0.39, 0.29) is 18.2 Å². The summed E-state index contributed by atoms with van der Waals surface area (Å²) in [6.07, 6.45) is 1.54. The Morgan fingerprint density at radius 1 is 1.29 bits per heavy atom. The number of amides is 1. The first-order valence-electron chi connectivity index (χ1n) is 7.05. The van der Waals surface area contributed by atoms with E-state index in [1.807, 2.05) is 31.2 Å². The van der Waals surface area contributed by atoms with Crippen LogP contribution in [-0.4, -0.2) is 23.5 Å². The molecular weight excluding hydrogens is 270 g/mol. The number of fused-ring (bicyclic) bond motifs is 1. The van der Waals surface area contributed by atoms with Gasteiger partial charge in [0, 0.05) is 18.4 Å². The van der Waals surface area contributed by atoms with Crippen molar-refractivity contribution in [3.63, 3.8) is 0 Å². The Morgan fingerprint density at radius 2 is 2.05 bits per heavy atom. The second-order valence-corrected chi connectivity index (χ2v) is 5.23. The number of benzene rings is 1. The predicted molar refractivity (Wildman–Crippen MR) is 79.2 cm³/mol. The zero-order chi connectivity index (χ0) is 15.2. The molecule has 0 aliphatic carbocycles. The highest BCUT2D eigenvalue weighted by Crippen LogP contribution is 2.18. The van der Waals surface area contributed by atoms with E-state index in [1.165, 1.54) is 0 Å². The van der Waals surface area contributed by atoms with Crippen LogP contribution in [0.1, 0.15) is 36.7 Å². The molecule has 0 radical (unpaired) electrons. The highest BCUT2D eigenvalue weighted by atomic mass is 16.4. The minimum Gasteiger partial charge on any atom is -0.481 e. The van der Waals surface area contributed by atoms with E-state index in [0.717, 1.165) is 11.8 Å². The lowest BCUT2D eigenvalue weighted by molar-refractivity contribution is -0.137. The molecule has 1 unspecified atom stereocenters. The molecule has 0 fully saturated rings. The van der Waals surface area contributed by atoms with Gasteiger partial charge in [-0.3, -0.25) is 9.59 Å². The van der Waals surface area contributed by atoms with E-state index >= 15 is 0 Å². The average Bonchev–Trinajstić information content (AvgIpc) is 2.89. The fraction of sp³-hybridized carbons (Fsp3) is 0.375. The van der Waals surface area contributed by atoms with Gasteiger partial charge in [-0.1, -0.05) is 25.1 Å². The standard InChI is InChI=1S/C16H19NO4/c1-11(6-7-15(18)19)8-9-17-16(20)14-10-12-4-2-3-5-13(12)21-14/h2-5,10-11H,6-9H2,1H3,(H,17,20)(H,18,19). The first-order chi connectivity index (χ1) is 10.1. The number of carbonyl (C=O) groups excluding carboxylic acids is 1. The van der Waals surface area contributed by atoms with Crippen LogP contribution in [0.5, 0.6) is 0 Å². The van der Waals surface area contributed by atoms with Crippen LogP contribution in [-0.2, 0) is 4.79 Å². The van der Waals surface area contributed by atoms with Crippen molar-refractivity contribution in [2.45, 2.75) is 26.2 Å². The molecule has 0 saturated heterocycles. The molecule has 0 bridgehead atoms. The van der Waals surface area contributed by atoms with Crippen molar-refractivity contribution < 1.29 is 19.1 Å². The van der Waals surface area contributed by atoms with Crippen LogP contribution in [0.2, 0.25) is 0 Å². The molecule has 112 valence electrons. The maximum absolute atomic E-state index is 12.0.